The Hall–Kier alpha value is -0.890. The largest absolute Gasteiger partial charge is 0.289 e. The second-order valence-electron chi connectivity index (χ2n) is 2.50. The molecule has 0 saturated heterocycles. The molecule has 1 nitrogen and oxygen atoms in total. The molecule has 2 heteroatoms. The van der Waals surface area contributed by atoms with Gasteiger partial charge in [0, 0.05) is 10.0 Å². The van der Waals surface area contributed by atoms with Crippen molar-refractivity contribution in [2.45, 2.75) is 6.92 Å². The van der Waals surface area contributed by atoms with E-state index in [2.05, 4.69) is 22.5 Å². The molecule has 0 unspecified atom stereocenters. The highest BCUT2D eigenvalue weighted by Crippen LogP contribution is 2.21. The van der Waals surface area contributed by atoms with Crippen LogP contribution in [0.25, 0.3) is 0 Å². The summed E-state index contributed by atoms with van der Waals surface area (Å²) < 4.78 is 0.856. The molecule has 0 heterocycles. The van der Waals surface area contributed by atoms with Crippen LogP contribution >= 0.6 is 15.9 Å². The van der Waals surface area contributed by atoms with Gasteiger partial charge in [-0.2, -0.15) is 0 Å². The molecule has 0 N–H and O–H groups in total. The van der Waals surface area contributed by atoms with Gasteiger partial charge >= 0.3 is 0 Å². The quantitative estimate of drug-likeness (QED) is 0.558. The van der Waals surface area contributed by atoms with Crippen molar-refractivity contribution in [3.8, 4) is 0 Å². The van der Waals surface area contributed by atoms with Gasteiger partial charge in [0.1, 0.15) is 0 Å². The van der Waals surface area contributed by atoms with Crippen molar-refractivity contribution in [2.75, 3.05) is 0 Å². The molecule has 0 saturated carbocycles. The minimum Gasteiger partial charge on any atom is -0.289 e. The molecule has 0 spiro atoms. The molecule has 0 atom stereocenters. The predicted molar refractivity (Wildman–Crippen MR) is 53.4 cm³/mol. The molecule has 0 aromatic heterocycles. The van der Waals surface area contributed by atoms with Crippen molar-refractivity contribution in [2.24, 2.45) is 0 Å². The van der Waals surface area contributed by atoms with E-state index in [4.69, 9.17) is 0 Å². The summed E-state index contributed by atoms with van der Waals surface area (Å²) in [6, 6.07) is 5.59. The third-order valence-corrected chi connectivity index (χ3v) is 2.70. The van der Waals surface area contributed by atoms with Gasteiger partial charge in [-0.25, -0.2) is 0 Å². The molecule has 1 aromatic rings. The lowest BCUT2D eigenvalue weighted by molar-refractivity contribution is 0.104. The monoisotopic (exact) mass is 224 g/mol. The van der Waals surface area contributed by atoms with E-state index >= 15 is 0 Å². The average molecular weight is 225 g/mol. The fourth-order valence-corrected chi connectivity index (χ4v) is 1.41. The Labute approximate surface area is 80.2 Å². The fourth-order valence-electron chi connectivity index (χ4n) is 0.948. The first-order valence-electron chi connectivity index (χ1n) is 3.58. The standard InChI is InChI=1S/C10H9BrO/c1-3-9(12)8-6-4-5-7(2)10(8)11/h3-6H,1H2,2H3. The van der Waals surface area contributed by atoms with Gasteiger partial charge in [-0.05, 0) is 40.6 Å². The lowest BCUT2D eigenvalue weighted by Crippen LogP contribution is -1.95. The first-order valence-corrected chi connectivity index (χ1v) is 4.38. The van der Waals surface area contributed by atoms with Crippen LogP contribution in [-0.2, 0) is 0 Å². The summed E-state index contributed by atoms with van der Waals surface area (Å²) in [5.41, 5.74) is 1.73. The van der Waals surface area contributed by atoms with Gasteiger partial charge in [-0.15, -0.1) is 0 Å². The first kappa shape index (κ1) is 9.20. The van der Waals surface area contributed by atoms with Crippen molar-refractivity contribution in [1.82, 2.24) is 0 Å². The van der Waals surface area contributed by atoms with Crippen LogP contribution in [0.4, 0.5) is 0 Å². The zero-order valence-electron chi connectivity index (χ0n) is 6.80. The van der Waals surface area contributed by atoms with Crippen molar-refractivity contribution in [3.63, 3.8) is 0 Å². The lowest BCUT2D eigenvalue weighted by atomic mass is 10.1. The topological polar surface area (TPSA) is 17.1 Å². The number of carbonyl (C=O) groups is 1. The van der Waals surface area contributed by atoms with Crippen LogP contribution < -0.4 is 0 Å². The summed E-state index contributed by atoms with van der Waals surface area (Å²) >= 11 is 3.35. The zero-order valence-corrected chi connectivity index (χ0v) is 8.39. The Morgan fingerprint density at radius 1 is 1.58 bits per heavy atom. The van der Waals surface area contributed by atoms with Gasteiger partial charge in [0.15, 0.2) is 5.78 Å². The maximum atomic E-state index is 11.2. The van der Waals surface area contributed by atoms with Gasteiger partial charge in [-0.1, -0.05) is 18.7 Å². The third kappa shape index (κ3) is 1.64. The number of halogens is 1. The van der Waals surface area contributed by atoms with E-state index < -0.39 is 0 Å². The molecule has 0 bridgehead atoms. The third-order valence-electron chi connectivity index (χ3n) is 1.64. The smallest absolute Gasteiger partial charge is 0.186 e. The summed E-state index contributed by atoms with van der Waals surface area (Å²) in [6.07, 6.45) is 1.32. The van der Waals surface area contributed by atoms with E-state index in [-0.39, 0.29) is 5.78 Å². The molecule has 0 aliphatic rings. The lowest BCUT2D eigenvalue weighted by Gasteiger charge is -2.02. The molecule has 0 amide bonds. The van der Waals surface area contributed by atoms with Gasteiger partial charge < -0.3 is 0 Å². The maximum Gasteiger partial charge on any atom is 0.186 e. The number of allylic oxidation sites excluding steroid dienone is 1. The Balaban J connectivity index is 3.25. The molecule has 1 rings (SSSR count). The summed E-state index contributed by atoms with van der Waals surface area (Å²) in [6.45, 7) is 5.39. The SMILES string of the molecule is C=CC(=O)c1cccc(C)c1Br. The maximum absolute atomic E-state index is 11.2. The summed E-state index contributed by atoms with van der Waals surface area (Å²) in [5.74, 6) is -0.0504. The van der Waals surface area contributed by atoms with Crippen molar-refractivity contribution >= 4 is 21.7 Å². The molecule has 0 radical (unpaired) electrons. The summed E-state index contributed by atoms with van der Waals surface area (Å²) in [5, 5.41) is 0. The highest BCUT2D eigenvalue weighted by Gasteiger charge is 2.06. The number of benzene rings is 1. The first-order chi connectivity index (χ1) is 5.66. The van der Waals surface area contributed by atoms with Crippen LogP contribution in [0.15, 0.2) is 35.3 Å². The van der Waals surface area contributed by atoms with Crippen LogP contribution in [0.5, 0.6) is 0 Å². The Kier molecular flexibility index (Phi) is 2.82. The molecular weight excluding hydrogens is 216 g/mol. The highest BCUT2D eigenvalue weighted by atomic mass is 79.9. The van der Waals surface area contributed by atoms with E-state index in [0.29, 0.717) is 5.56 Å². The summed E-state index contributed by atoms with van der Waals surface area (Å²) in [4.78, 5) is 11.2. The Morgan fingerprint density at radius 3 is 2.83 bits per heavy atom. The van der Waals surface area contributed by atoms with Crippen molar-refractivity contribution in [3.05, 3.63) is 46.5 Å². The number of hydrogen-bond acceptors (Lipinski definition) is 1. The second-order valence-corrected chi connectivity index (χ2v) is 3.30. The molecular formula is C10H9BrO. The minimum atomic E-state index is -0.0504. The number of rotatable bonds is 2. The number of ketones is 1. The average Bonchev–Trinajstić information content (AvgIpc) is 2.08. The van der Waals surface area contributed by atoms with Crippen LogP contribution in [0.3, 0.4) is 0 Å². The molecule has 0 aliphatic carbocycles. The second kappa shape index (κ2) is 3.68. The van der Waals surface area contributed by atoms with E-state index in [9.17, 15) is 4.79 Å². The van der Waals surface area contributed by atoms with Crippen LogP contribution in [0, 0.1) is 6.92 Å². The van der Waals surface area contributed by atoms with Crippen LogP contribution in [0.2, 0.25) is 0 Å². The minimum absolute atomic E-state index is 0.0504. The highest BCUT2D eigenvalue weighted by molar-refractivity contribution is 9.10. The zero-order chi connectivity index (χ0) is 9.14. The predicted octanol–water partition coefficient (Wildman–Crippen LogP) is 3.13. The van der Waals surface area contributed by atoms with E-state index in [1.165, 1.54) is 6.08 Å². The van der Waals surface area contributed by atoms with E-state index in [1.54, 1.807) is 6.07 Å². The van der Waals surface area contributed by atoms with Gasteiger partial charge in [0.05, 0.1) is 0 Å². The fraction of sp³-hybridized carbons (Fsp3) is 0.100. The number of aryl methyl sites for hydroxylation is 1. The van der Waals surface area contributed by atoms with Gasteiger partial charge in [0.25, 0.3) is 0 Å². The molecule has 62 valence electrons. The molecule has 12 heavy (non-hydrogen) atoms. The van der Waals surface area contributed by atoms with Crippen molar-refractivity contribution < 1.29 is 4.79 Å². The van der Waals surface area contributed by atoms with E-state index in [0.717, 1.165) is 10.0 Å². The molecule has 0 fully saturated rings. The van der Waals surface area contributed by atoms with Crippen LogP contribution in [-0.4, -0.2) is 5.78 Å². The Morgan fingerprint density at radius 2 is 2.25 bits per heavy atom. The molecule has 1 aromatic carbocycles. The van der Waals surface area contributed by atoms with Gasteiger partial charge in [-0.3, -0.25) is 4.79 Å². The normalized spacial score (nSPS) is 9.50. The number of hydrogen-bond donors (Lipinski definition) is 0. The molecule has 0 aliphatic heterocycles. The number of carbonyl (C=O) groups excluding carboxylic acids is 1. The van der Waals surface area contributed by atoms with E-state index in [1.807, 2.05) is 19.1 Å². The van der Waals surface area contributed by atoms with Crippen molar-refractivity contribution in [1.29, 1.82) is 0 Å². The van der Waals surface area contributed by atoms with Gasteiger partial charge in [0.2, 0.25) is 0 Å². The Bertz CT molecular complexity index is 329. The summed E-state index contributed by atoms with van der Waals surface area (Å²) in [7, 11) is 0. The van der Waals surface area contributed by atoms with Crippen LogP contribution in [0.1, 0.15) is 15.9 Å².